The molecule has 4 aliphatic carbocycles. The first-order valence-corrected chi connectivity index (χ1v) is 22.5. The number of esters is 3. The van der Waals surface area contributed by atoms with Gasteiger partial charge in [0.05, 0.1) is 35.6 Å². The lowest BCUT2D eigenvalue weighted by atomic mass is 9.44. The van der Waals surface area contributed by atoms with Crippen LogP contribution in [0.1, 0.15) is 125 Å². The minimum Gasteiger partial charge on any atom is -0.456 e. The van der Waals surface area contributed by atoms with Gasteiger partial charge in [-0.05, 0) is 84.6 Å². The third kappa shape index (κ3) is 9.43. The largest absolute Gasteiger partial charge is 0.456 e. The number of benzene rings is 1. The zero-order valence-electron chi connectivity index (χ0n) is 39.1. The third-order valence-corrected chi connectivity index (χ3v) is 14.1. The molecule has 0 aromatic heterocycles. The van der Waals surface area contributed by atoms with E-state index < -0.39 is 119 Å². The number of nitrogens with one attached hydrogen (secondary N) is 2. The lowest BCUT2D eigenvalue weighted by Crippen LogP contribution is -2.82. The summed E-state index contributed by atoms with van der Waals surface area (Å²) in [6, 6.07) is 6.27. The van der Waals surface area contributed by atoms with Gasteiger partial charge < -0.3 is 54.4 Å². The molecule has 1 aliphatic heterocycles. The average molecular weight is 911 g/mol. The highest BCUT2D eigenvalue weighted by Crippen LogP contribution is 2.64. The summed E-state index contributed by atoms with van der Waals surface area (Å²) in [4.78, 5) is 84.5. The highest BCUT2D eigenvalue weighted by Gasteiger charge is 2.78. The summed E-state index contributed by atoms with van der Waals surface area (Å²) in [6.07, 6.45) is -6.95. The van der Waals surface area contributed by atoms with E-state index in [-0.39, 0.29) is 35.8 Å². The Bertz CT molecular complexity index is 2090. The van der Waals surface area contributed by atoms with Crippen molar-refractivity contribution in [1.29, 1.82) is 0 Å². The topological polar surface area (TPSA) is 243 Å². The number of rotatable bonds is 10. The predicted molar refractivity (Wildman–Crippen MR) is 232 cm³/mol. The predicted octanol–water partition coefficient (Wildman–Crippen LogP) is 4.92. The van der Waals surface area contributed by atoms with E-state index in [2.05, 4.69) is 10.6 Å². The van der Waals surface area contributed by atoms with Crippen LogP contribution in [-0.2, 0) is 42.8 Å². The Balaban J connectivity index is 1.54. The van der Waals surface area contributed by atoms with E-state index in [1.807, 2.05) is 0 Å². The second-order valence-electron chi connectivity index (χ2n) is 20.3. The monoisotopic (exact) mass is 910 g/mol. The van der Waals surface area contributed by atoms with Crippen molar-refractivity contribution in [3.63, 3.8) is 0 Å². The zero-order valence-corrected chi connectivity index (χ0v) is 39.1. The van der Waals surface area contributed by atoms with Gasteiger partial charge in [0.15, 0.2) is 23.6 Å². The fourth-order valence-corrected chi connectivity index (χ4v) is 10.8. The van der Waals surface area contributed by atoms with Crippen LogP contribution in [0.2, 0.25) is 0 Å². The normalized spacial score (nSPS) is 32.8. The van der Waals surface area contributed by atoms with Gasteiger partial charge in [-0.25, -0.2) is 19.2 Å². The molecule has 2 amide bonds. The third-order valence-electron chi connectivity index (χ3n) is 14.1. The Labute approximate surface area is 379 Å². The summed E-state index contributed by atoms with van der Waals surface area (Å²) in [5.41, 5.74) is -8.02. The molecular formula is C48H66N2O15. The van der Waals surface area contributed by atoms with Crippen LogP contribution in [0.15, 0.2) is 53.1 Å². The van der Waals surface area contributed by atoms with Crippen molar-refractivity contribution >= 4 is 35.9 Å². The minimum atomic E-state index is -2.41. The molecule has 6 rings (SSSR count). The summed E-state index contributed by atoms with van der Waals surface area (Å²) in [5.74, 6) is -5.38. The fourth-order valence-electron chi connectivity index (χ4n) is 10.8. The van der Waals surface area contributed by atoms with Crippen LogP contribution in [0.25, 0.3) is 0 Å². The number of carbonyl (C=O) groups excluding carboxylic acids is 6. The van der Waals surface area contributed by atoms with Crippen molar-refractivity contribution in [1.82, 2.24) is 10.6 Å². The maximum absolute atomic E-state index is 15.9. The smallest absolute Gasteiger partial charge is 0.408 e. The number of ketones is 1. The van der Waals surface area contributed by atoms with Gasteiger partial charge in [0.1, 0.15) is 29.5 Å². The molecule has 1 heterocycles. The first kappa shape index (κ1) is 49.6. The molecule has 2 bridgehead atoms. The number of ether oxygens (including phenoxy) is 6. The Morgan fingerprint density at radius 1 is 0.938 bits per heavy atom. The number of allylic oxidation sites excluding steroid dienone is 1. The van der Waals surface area contributed by atoms with Crippen LogP contribution in [0.4, 0.5) is 9.59 Å². The molecule has 0 radical (unpaired) electrons. The summed E-state index contributed by atoms with van der Waals surface area (Å²) >= 11 is 0. The molecule has 1 saturated heterocycles. The van der Waals surface area contributed by atoms with Crippen LogP contribution in [-0.4, -0.2) is 123 Å². The molecule has 17 heteroatoms. The van der Waals surface area contributed by atoms with E-state index in [9.17, 15) is 39.3 Å². The molecule has 1 aromatic carbocycles. The number of Topliss-reactive ketones (excluding diaryl/α,β-unsaturated/α-hetero) is 1. The molecule has 0 unspecified atom stereocenters. The molecule has 1 aromatic rings. The second-order valence-corrected chi connectivity index (χ2v) is 20.3. The maximum Gasteiger partial charge on any atom is 0.408 e. The van der Waals surface area contributed by atoms with Gasteiger partial charge in [-0.2, -0.15) is 0 Å². The Morgan fingerprint density at radius 3 is 2.15 bits per heavy atom. The zero-order chi connectivity index (χ0) is 48.0. The number of carbonyl (C=O) groups is 6. The highest BCUT2D eigenvalue weighted by atomic mass is 16.6. The molecule has 17 nitrogen and oxygen atoms in total. The van der Waals surface area contributed by atoms with Gasteiger partial charge in [-0.1, -0.05) is 63.0 Å². The summed E-state index contributed by atoms with van der Waals surface area (Å²) in [7, 11) is 0. The lowest BCUT2D eigenvalue weighted by Gasteiger charge is -2.67. The van der Waals surface area contributed by atoms with Gasteiger partial charge >= 0.3 is 30.1 Å². The van der Waals surface area contributed by atoms with Gasteiger partial charge in [0.25, 0.3) is 0 Å². The maximum atomic E-state index is 15.9. The van der Waals surface area contributed by atoms with Crippen LogP contribution < -0.4 is 10.6 Å². The first-order chi connectivity index (χ1) is 30.3. The number of hydrogen-bond acceptors (Lipinski definition) is 15. The van der Waals surface area contributed by atoms with Crippen LogP contribution in [0, 0.1) is 16.7 Å². The van der Waals surface area contributed by atoms with E-state index in [4.69, 9.17) is 28.4 Å². The molecule has 3 saturated carbocycles. The number of alkyl carbamates (subject to hydrolysis) is 2. The molecule has 5 aliphatic rings. The SMILES string of the molecule is CC(=O)O[C@@]12CO[C@@H]1C[C@H](O)[C@@]1(C)C(=O)[C@H](OC(=O)NC3CCCCC3)C3=C(C)[C@@H](OC(=O)[C@H](O)[C@H](C=C(C)C)NC(=O)OC(C)(C)C)C[C@@](O)([C@@H](OC(=O)c4ccccc4)[C@H]21)C3(C)C. The van der Waals surface area contributed by atoms with Gasteiger partial charge in [-0.3, -0.25) is 9.59 Å². The van der Waals surface area contributed by atoms with E-state index in [1.165, 1.54) is 32.1 Å². The number of amides is 2. The fraction of sp³-hybridized carbons (Fsp3) is 0.667. The molecule has 0 spiro atoms. The molecular weight excluding hydrogens is 845 g/mol. The van der Waals surface area contributed by atoms with Gasteiger partial charge in [0.2, 0.25) is 0 Å². The lowest BCUT2D eigenvalue weighted by molar-refractivity contribution is -0.345. The molecule has 11 atom stereocenters. The Hall–Kier alpha value is -4.84. The number of fused-ring (bicyclic) bond motifs is 5. The number of hydrogen-bond donors (Lipinski definition) is 5. The minimum absolute atomic E-state index is 0.00350. The standard InChI is InChI=1S/C48H66N2O15/c1-25(2)21-30(50-43(58)65-44(5,6)7)35(53)41(56)61-31-23-48(59)39(63-40(55)28-17-13-11-14-18-28)37-46(10,32(52)22-33-47(37,24-60-33)64-27(4)51)38(54)36(34(26(31)3)45(48,8)9)62-42(57)49-29-19-15-12-16-20-29/h11,13-14,17-18,21,29-33,35-37,39,52-53,59H,12,15-16,19-20,22-24H2,1-10H3,(H,49,57)(H,50,58)/t30-,31-,32-,33+,35+,36+,37-,39-,46+,47-,48+/m0/s1. The first-order valence-electron chi connectivity index (χ1n) is 22.5. The summed E-state index contributed by atoms with van der Waals surface area (Å²) < 4.78 is 36.2. The summed E-state index contributed by atoms with van der Waals surface area (Å²) in [5, 5.41) is 43.0. The summed E-state index contributed by atoms with van der Waals surface area (Å²) in [6.45, 7) is 15.3. The van der Waals surface area contributed by atoms with Crippen molar-refractivity contribution in [3.05, 3.63) is 58.7 Å². The van der Waals surface area contributed by atoms with Crippen LogP contribution in [0.3, 0.4) is 0 Å². The Kier molecular flexibility index (Phi) is 14.1. The van der Waals surface area contributed by atoms with Crippen LogP contribution in [0.5, 0.6) is 0 Å². The van der Waals surface area contributed by atoms with Crippen molar-refractivity contribution in [3.8, 4) is 0 Å². The quantitative estimate of drug-likeness (QED) is 0.119. The van der Waals surface area contributed by atoms with E-state index in [0.29, 0.717) is 18.4 Å². The number of aliphatic hydroxyl groups is 3. The highest BCUT2D eigenvalue weighted by molar-refractivity contribution is 5.95. The molecule has 358 valence electrons. The van der Waals surface area contributed by atoms with E-state index in [0.717, 1.165) is 26.2 Å². The van der Waals surface area contributed by atoms with Gasteiger partial charge in [0, 0.05) is 31.2 Å². The van der Waals surface area contributed by atoms with Crippen molar-refractivity contribution in [2.45, 2.75) is 180 Å². The van der Waals surface area contributed by atoms with Crippen molar-refractivity contribution in [2.24, 2.45) is 16.7 Å². The van der Waals surface area contributed by atoms with Crippen molar-refractivity contribution in [2.75, 3.05) is 6.61 Å². The second kappa shape index (κ2) is 18.4. The average Bonchev–Trinajstić information content (AvgIpc) is 3.21. The van der Waals surface area contributed by atoms with Crippen LogP contribution >= 0.6 is 0 Å². The Morgan fingerprint density at radius 2 is 1.58 bits per heavy atom. The van der Waals surface area contributed by atoms with Gasteiger partial charge in [-0.15, -0.1) is 0 Å². The van der Waals surface area contributed by atoms with E-state index in [1.54, 1.807) is 66.7 Å². The molecule has 65 heavy (non-hydrogen) atoms. The van der Waals surface area contributed by atoms with E-state index >= 15 is 4.79 Å². The number of aliphatic hydroxyl groups excluding tert-OH is 2. The molecule has 5 N–H and O–H groups in total. The molecule has 4 fully saturated rings. The van der Waals surface area contributed by atoms with Crippen molar-refractivity contribution < 1.29 is 72.5 Å².